The fraction of sp³-hybridized carbons (Fsp3) is 0.118. The minimum absolute atomic E-state index is 0.163. The standard InChI is InChI=1S/C17H14ClN3O4/c1-23-12-5-2-10(3-6-12)16-20-15(25-21-16)9-24-17(22)13-7-4-11(18)8-14(13)19/h2-8H,9,19H2,1H3. The van der Waals surface area contributed by atoms with Gasteiger partial charge in [0.15, 0.2) is 6.61 Å². The number of methoxy groups -OCH3 is 1. The van der Waals surface area contributed by atoms with Crippen molar-refractivity contribution in [3.63, 3.8) is 0 Å². The molecule has 0 saturated heterocycles. The van der Waals surface area contributed by atoms with E-state index in [4.69, 9.17) is 31.3 Å². The zero-order valence-corrected chi connectivity index (χ0v) is 14.0. The highest BCUT2D eigenvalue weighted by atomic mass is 35.5. The third-order valence-corrected chi connectivity index (χ3v) is 3.61. The molecule has 2 N–H and O–H groups in total. The van der Waals surface area contributed by atoms with Crippen LogP contribution in [0.4, 0.5) is 5.69 Å². The van der Waals surface area contributed by atoms with E-state index in [9.17, 15) is 4.79 Å². The number of aromatic nitrogens is 2. The first-order valence-corrected chi connectivity index (χ1v) is 7.64. The minimum atomic E-state index is -0.599. The lowest BCUT2D eigenvalue weighted by molar-refractivity contribution is 0.0431. The van der Waals surface area contributed by atoms with Crippen LogP contribution in [0.25, 0.3) is 11.4 Å². The van der Waals surface area contributed by atoms with Gasteiger partial charge in [-0.2, -0.15) is 4.98 Å². The summed E-state index contributed by atoms with van der Waals surface area (Å²) in [6.45, 7) is -0.163. The molecule has 0 aliphatic heterocycles. The Kier molecular flexibility index (Phi) is 4.85. The van der Waals surface area contributed by atoms with Crippen molar-refractivity contribution in [2.24, 2.45) is 0 Å². The fourth-order valence-corrected chi connectivity index (χ4v) is 2.28. The molecular formula is C17H14ClN3O4. The van der Waals surface area contributed by atoms with E-state index < -0.39 is 5.97 Å². The maximum absolute atomic E-state index is 12.0. The van der Waals surface area contributed by atoms with E-state index in [1.165, 1.54) is 12.1 Å². The molecule has 7 nitrogen and oxygen atoms in total. The Morgan fingerprint density at radius 3 is 2.68 bits per heavy atom. The first-order valence-electron chi connectivity index (χ1n) is 7.26. The largest absolute Gasteiger partial charge is 0.497 e. The molecule has 0 spiro atoms. The van der Waals surface area contributed by atoms with E-state index in [1.807, 2.05) is 0 Å². The van der Waals surface area contributed by atoms with E-state index in [0.717, 1.165) is 11.3 Å². The van der Waals surface area contributed by atoms with E-state index in [2.05, 4.69) is 10.1 Å². The first kappa shape index (κ1) is 16.8. The summed E-state index contributed by atoms with van der Waals surface area (Å²) < 4.78 is 15.3. The fourth-order valence-electron chi connectivity index (χ4n) is 2.10. The topological polar surface area (TPSA) is 100 Å². The molecule has 2 aromatic carbocycles. The predicted molar refractivity (Wildman–Crippen MR) is 91.3 cm³/mol. The number of benzene rings is 2. The quantitative estimate of drug-likeness (QED) is 0.550. The number of anilines is 1. The van der Waals surface area contributed by atoms with Gasteiger partial charge in [-0.1, -0.05) is 16.8 Å². The maximum atomic E-state index is 12.0. The second kappa shape index (κ2) is 7.23. The van der Waals surface area contributed by atoms with Crippen LogP contribution in [0.5, 0.6) is 5.75 Å². The Labute approximate surface area is 148 Å². The number of hydrogen-bond donors (Lipinski definition) is 1. The Bertz CT molecular complexity index is 893. The second-order valence-corrected chi connectivity index (χ2v) is 5.48. The molecule has 0 unspecified atom stereocenters. The normalized spacial score (nSPS) is 10.5. The van der Waals surface area contributed by atoms with Crippen LogP contribution in [0.3, 0.4) is 0 Å². The molecule has 0 bridgehead atoms. The van der Waals surface area contributed by atoms with Gasteiger partial charge in [0.1, 0.15) is 5.75 Å². The van der Waals surface area contributed by atoms with Crippen LogP contribution in [0.2, 0.25) is 5.02 Å². The Morgan fingerprint density at radius 1 is 1.24 bits per heavy atom. The molecule has 0 saturated carbocycles. The summed E-state index contributed by atoms with van der Waals surface area (Å²) in [5.74, 6) is 0.687. The molecule has 0 atom stereocenters. The van der Waals surface area contributed by atoms with Gasteiger partial charge in [0.05, 0.1) is 12.7 Å². The van der Waals surface area contributed by atoms with Gasteiger partial charge in [-0.05, 0) is 42.5 Å². The lowest BCUT2D eigenvalue weighted by Crippen LogP contribution is -2.08. The van der Waals surface area contributed by atoms with Crippen LogP contribution in [0, 0.1) is 0 Å². The summed E-state index contributed by atoms with van der Waals surface area (Å²) >= 11 is 5.80. The van der Waals surface area contributed by atoms with Crippen molar-refractivity contribution >= 4 is 23.3 Å². The van der Waals surface area contributed by atoms with Crippen LogP contribution in [-0.4, -0.2) is 23.2 Å². The Balaban J connectivity index is 1.66. The number of hydrogen-bond acceptors (Lipinski definition) is 7. The SMILES string of the molecule is COc1ccc(-c2noc(COC(=O)c3ccc(Cl)cc3N)n2)cc1. The predicted octanol–water partition coefficient (Wildman–Crippen LogP) is 3.34. The second-order valence-electron chi connectivity index (χ2n) is 5.05. The molecule has 0 amide bonds. The number of nitrogens with zero attached hydrogens (tertiary/aromatic N) is 2. The van der Waals surface area contributed by atoms with Crippen LogP contribution >= 0.6 is 11.6 Å². The number of nitrogen functional groups attached to an aromatic ring is 1. The highest BCUT2D eigenvalue weighted by molar-refractivity contribution is 6.31. The lowest BCUT2D eigenvalue weighted by atomic mass is 10.2. The molecule has 3 aromatic rings. The third-order valence-electron chi connectivity index (χ3n) is 3.38. The summed E-state index contributed by atoms with van der Waals surface area (Å²) in [4.78, 5) is 16.2. The van der Waals surface area contributed by atoms with E-state index in [0.29, 0.717) is 10.8 Å². The molecule has 25 heavy (non-hydrogen) atoms. The van der Waals surface area contributed by atoms with Gasteiger partial charge in [0.2, 0.25) is 5.82 Å². The van der Waals surface area contributed by atoms with Crippen molar-refractivity contribution in [1.82, 2.24) is 10.1 Å². The van der Waals surface area contributed by atoms with Gasteiger partial charge in [-0.15, -0.1) is 0 Å². The molecule has 0 fully saturated rings. The summed E-state index contributed by atoms with van der Waals surface area (Å²) in [5.41, 5.74) is 6.96. The molecule has 1 heterocycles. The van der Waals surface area contributed by atoms with Gasteiger partial charge in [-0.3, -0.25) is 0 Å². The summed E-state index contributed by atoms with van der Waals surface area (Å²) in [7, 11) is 1.59. The number of ether oxygens (including phenoxy) is 2. The van der Waals surface area contributed by atoms with Gasteiger partial charge in [0.25, 0.3) is 5.89 Å². The van der Waals surface area contributed by atoms with Crippen molar-refractivity contribution in [2.75, 3.05) is 12.8 Å². The van der Waals surface area contributed by atoms with Gasteiger partial charge in [0, 0.05) is 16.3 Å². The number of halogens is 1. The minimum Gasteiger partial charge on any atom is -0.497 e. The van der Waals surface area contributed by atoms with Crippen LogP contribution in [-0.2, 0) is 11.3 Å². The summed E-state index contributed by atoms with van der Waals surface area (Å²) in [6.07, 6.45) is 0. The molecule has 0 aliphatic rings. The smallest absolute Gasteiger partial charge is 0.340 e. The van der Waals surface area contributed by atoms with Crippen molar-refractivity contribution in [3.05, 3.63) is 58.9 Å². The highest BCUT2D eigenvalue weighted by Crippen LogP contribution is 2.21. The molecule has 1 aromatic heterocycles. The average Bonchev–Trinajstić information content (AvgIpc) is 3.09. The monoisotopic (exact) mass is 359 g/mol. The van der Waals surface area contributed by atoms with Crippen LogP contribution in [0.15, 0.2) is 47.0 Å². The van der Waals surface area contributed by atoms with Crippen molar-refractivity contribution in [3.8, 4) is 17.1 Å². The van der Waals surface area contributed by atoms with Crippen LogP contribution < -0.4 is 10.5 Å². The zero-order chi connectivity index (χ0) is 17.8. The Hall–Kier alpha value is -3.06. The van der Waals surface area contributed by atoms with Gasteiger partial charge in [-0.25, -0.2) is 4.79 Å². The van der Waals surface area contributed by atoms with E-state index in [1.54, 1.807) is 37.4 Å². The molecule has 128 valence electrons. The molecule has 0 radical (unpaired) electrons. The lowest BCUT2D eigenvalue weighted by Gasteiger charge is -2.05. The zero-order valence-electron chi connectivity index (χ0n) is 13.2. The van der Waals surface area contributed by atoms with E-state index in [-0.39, 0.29) is 23.7 Å². The molecule has 3 rings (SSSR count). The third kappa shape index (κ3) is 3.89. The maximum Gasteiger partial charge on any atom is 0.340 e. The van der Waals surface area contributed by atoms with Crippen LogP contribution in [0.1, 0.15) is 16.2 Å². The number of nitrogens with two attached hydrogens (primary N) is 1. The average molecular weight is 360 g/mol. The van der Waals surface area contributed by atoms with E-state index >= 15 is 0 Å². The summed E-state index contributed by atoms with van der Waals surface area (Å²) in [5, 5.41) is 4.30. The van der Waals surface area contributed by atoms with Gasteiger partial charge >= 0.3 is 5.97 Å². The number of esters is 1. The van der Waals surface area contributed by atoms with Crippen molar-refractivity contribution < 1.29 is 18.8 Å². The number of carbonyl (C=O) groups is 1. The highest BCUT2D eigenvalue weighted by Gasteiger charge is 2.15. The molecule has 0 aliphatic carbocycles. The molecule has 8 heteroatoms. The van der Waals surface area contributed by atoms with Gasteiger partial charge < -0.3 is 19.7 Å². The number of rotatable bonds is 5. The number of carbonyl (C=O) groups excluding carboxylic acids is 1. The molecular weight excluding hydrogens is 346 g/mol. The Morgan fingerprint density at radius 2 is 2.00 bits per heavy atom. The summed E-state index contributed by atoms with van der Waals surface area (Å²) in [6, 6.07) is 11.7. The van der Waals surface area contributed by atoms with Crippen molar-refractivity contribution in [2.45, 2.75) is 6.61 Å². The first-order chi connectivity index (χ1) is 12.1. The van der Waals surface area contributed by atoms with Crippen molar-refractivity contribution in [1.29, 1.82) is 0 Å².